The fourth-order valence-corrected chi connectivity index (χ4v) is 6.49. The molecular formula is C28H33N3O4S. The van der Waals surface area contributed by atoms with Gasteiger partial charge in [0.05, 0.1) is 24.0 Å². The van der Waals surface area contributed by atoms with Crippen LogP contribution in [0, 0.1) is 17.8 Å². The number of hydrogen-bond donors (Lipinski definition) is 2. The molecule has 0 saturated carbocycles. The number of rotatable bonds is 9. The Morgan fingerprint density at radius 3 is 2.50 bits per heavy atom. The van der Waals surface area contributed by atoms with E-state index in [0.29, 0.717) is 25.6 Å². The molecule has 3 amide bonds. The molecule has 2 aromatic rings. The zero-order valence-electron chi connectivity index (χ0n) is 20.9. The Morgan fingerprint density at radius 2 is 1.81 bits per heavy atom. The number of thiophene rings is 1. The number of fused-ring (bicyclic) bond motifs is 1. The van der Waals surface area contributed by atoms with Gasteiger partial charge in [-0.15, -0.1) is 11.3 Å². The summed E-state index contributed by atoms with van der Waals surface area (Å²) in [6.07, 6.45) is 4.49. The van der Waals surface area contributed by atoms with Crippen molar-refractivity contribution in [2.24, 2.45) is 17.8 Å². The number of likely N-dealkylation sites (tertiary alicyclic amines) is 1. The van der Waals surface area contributed by atoms with Crippen molar-refractivity contribution in [1.82, 2.24) is 15.5 Å². The molecule has 0 aliphatic carbocycles. The number of nitrogens with one attached hydrogen (secondary N) is 2. The van der Waals surface area contributed by atoms with Gasteiger partial charge < -0.3 is 20.3 Å². The van der Waals surface area contributed by atoms with E-state index in [9.17, 15) is 14.4 Å². The van der Waals surface area contributed by atoms with Crippen LogP contribution >= 0.6 is 11.3 Å². The first-order valence-electron chi connectivity index (χ1n) is 12.6. The van der Waals surface area contributed by atoms with Gasteiger partial charge in [0.1, 0.15) is 11.6 Å². The standard InChI is InChI=1S/C28H33N3O4S/c1-18(2)11-14-31-23(25(33)29-16-19-8-5-4-6-9-19)28-13-12-27(3,35-28)21(22(28)26(31)34)24(32)30-17-20-10-7-15-36-20/h4-10,12-13,15,18,21-23H,11,14,16-17H2,1-3H3,(H,29,33)(H,30,32)/t21-,22+,23+,27+,28-/m0/s1. The Kier molecular flexibility index (Phi) is 6.51. The van der Waals surface area contributed by atoms with Gasteiger partial charge in [0.2, 0.25) is 17.7 Å². The van der Waals surface area contributed by atoms with E-state index in [2.05, 4.69) is 24.5 Å². The molecule has 1 spiro atoms. The van der Waals surface area contributed by atoms with Crippen molar-refractivity contribution in [3.05, 3.63) is 70.4 Å². The minimum atomic E-state index is -1.16. The number of ether oxygens (including phenoxy) is 1. The van der Waals surface area contributed by atoms with E-state index >= 15 is 0 Å². The molecule has 1 aromatic carbocycles. The molecule has 1 aromatic heterocycles. The smallest absolute Gasteiger partial charge is 0.246 e. The van der Waals surface area contributed by atoms with E-state index in [4.69, 9.17) is 4.74 Å². The second-order valence-corrected chi connectivity index (χ2v) is 11.6. The Morgan fingerprint density at radius 1 is 1.06 bits per heavy atom. The molecule has 190 valence electrons. The molecule has 3 aliphatic heterocycles. The summed E-state index contributed by atoms with van der Waals surface area (Å²) in [6.45, 7) is 7.22. The molecule has 4 heterocycles. The lowest BCUT2D eigenvalue weighted by Crippen LogP contribution is -2.54. The van der Waals surface area contributed by atoms with Crippen LogP contribution in [0.25, 0.3) is 0 Å². The normalized spacial score (nSPS) is 30.2. The predicted molar refractivity (Wildman–Crippen MR) is 138 cm³/mol. The van der Waals surface area contributed by atoms with E-state index in [-0.39, 0.29) is 17.7 Å². The van der Waals surface area contributed by atoms with Crippen LogP contribution in [-0.2, 0) is 32.2 Å². The van der Waals surface area contributed by atoms with E-state index in [0.717, 1.165) is 16.9 Å². The van der Waals surface area contributed by atoms with Crippen LogP contribution in [0.5, 0.6) is 0 Å². The van der Waals surface area contributed by atoms with E-state index < -0.39 is 29.1 Å². The highest BCUT2D eigenvalue weighted by Crippen LogP contribution is 2.59. The highest BCUT2D eigenvalue weighted by Gasteiger charge is 2.76. The van der Waals surface area contributed by atoms with Crippen LogP contribution in [-0.4, -0.2) is 46.4 Å². The van der Waals surface area contributed by atoms with Gasteiger partial charge in [-0.05, 0) is 36.3 Å². The van der Waals surface area contributed by atoms with Gasteiger partial charge in [-0.2, -0.15) is 0 Å². The lowest BCUT2D eigenvalue weighted by atomic mass is 9.70. The third-order valence-corrected chi connectivity index (χ3v) is 8.48. The summed E-state index contributed by atoms with van der Waals surface area (Å²) in [4.78, 5) is 43.8. The molecule has 2 N–H and O–H groups in total. The van der Waals surface area contributed by atoms with E-state index in [1.807, 2.05) is 66.9 Å². The average molecular weight is 508 g/mol. The molecule has 5 atom stereocenters. The quantitative estimate of drug-likeness (QED) is 0.510. The Balaban J connectivity index is 1.43. The third kappa shape index (κ3) is 4.16. The molecule has 2 fully saturated rings. The van der Waals surface area contributed by atoms with Gasteiger partial charge in [-0.25, -0.2) is 0 Å². The Labute approximate surface area is 215 Å². The third-order valence-electron chi connectivity index (χ3n) is 7.60. The number of carbonyl (C=O) groups excluding carboxylic acids is 3. The minimum absolute atomic E-state index is 0.181. The van der Waals surface area contributed by atoms with E-state index in [1.165, 1.54) is 0 Å². The topological polar surface area (TPSA) is 87.7 Å². The van der Waals surface area contributed by atoms with Crippen molar-refractivity contribution in [2.45, 2.75) is 57.5 Å². The molecule has 2 saturated heterocycles. The van der Waals surface area contributed by atoms with Crippen molar-refractivity contribution in [1.29, 1.82) is 0 Å². The summed E-state index contributed by atoms with van der Waals surface area (Å²) < 4.78 is 6.54. The number of amides is 3. The number of carbonyl (C=O) groups is 3. The first-order valence-corrected chi connectivity index (χ1v) is 13.5. The van der Waals surface area contributed by atoms with Crippen LogP contribution in [0.1, 0.15) is 37.6 Å². The largest absolute Gasteiger partial charge is 0.356 e. The van der Waals surface area contributed by atoms with Gasteiger partial charge >= 0.3 is 0 Å². The van der Waals surface area contributed by atoms with Crippen molar-refractivity contribution < 1.29 is 19.1 Å². The minimum Gasteiger partial charge on any atom is -0.356 e. The second kappa shape index (κ2) is 9.48. The summed E-state index contributed by atoms with van der Waals surface area (Å²) >= 11 is 1.57. The fourth-order valence-electron chi connectivity index (χ4n) is 5.85. The van der Waals surface area contributed by atoms with Crippen LogP contribution in [0.3, 0.4) is 0 Å². The highest BCUT2D eigenvalue weighted by atomic mass is 32.1. The molecule has 2 bridgehead atoms. The summed E-state index contributed by atoms with van der Waals surface area (Å²) in [5.41, 5.74) is -1.13. The highest BCUT2D eigenvalue weighted by molar-refractivity contribution is 7.09. The van der Waals surface area contributed by atoms with Crippen LogP contribution in [0.15, 0.2) is 60.0 Å². The maximum atomic E-state index is 13.9. The fraction of sp³-hybridized carbons (Fsp3) is 0.464. The van der Waals surface area contributed by atoms with Gasteiger partial charge in [0.25, 0.3) is 0 Å². The predicted octanol–water partition coefficient (Wildman–Crippen LogP) is 3.27. The summed E-state index contributed by atoms with van der Waals surface area (Å²) in [5, 5.41) is 8.00. The summed E-state index contributed by atoms with van der Waals surface area (Å²) in [5.74, 6) is -1.74. The first kappa shape index (κ1) is 24.7. The molecule has 36 heavy (non-hydrogen) atoms. The monoisotopic (exact) mass is 507 g/mol. The number of benzene rings is 1. The van der Waals surface area contributed by atoms with Gasteiger partial charge in [0.15, 0.2) is 0 Å². The van der Waals surface area contributed by atoms with Crippen LogP contribution in [0.2, 0.25) is 0 Å². The number of nitrogens with zero attached hydrogens (tertiary/aromatic N) is 1. The van der Waals surface area contributed by atoms with Crippen LogP contribution in [0.4, 0.5) is 0 Å². The molecular weight excluding hydrogens is 474 g/mol. The van der Waals surface area contributed by atoms with Crippen molar-refractivity contribution in [2.75, 3.05) is 6.54 Å². The zero-order chi connectivity index (χ0) is 25.5. The Hall–Kier alpha value is -2.97. The first-order chi connectivity index (χ1) is 17.2. The van der Waals surface area contributed by atoms with E-state index in [1.54, 1.807) is 16.2 Å². The molecule has 0 radical (unpaired) electrons. The van der Waals surface area contributed by atoms with Crippen molar-refractivity contribution >= 4 is 29.1 Å². The molecule has 0 unspecified atom stereocenters. The summed E-state index contributed by atoms with van der Waals surface area (Å²) in [6, 6.07) is 12.8. The van der Waals surface area contributed by atoms with Crippen molar-refractivity contribution in [3.63, 3.8) is 0 Å². The average Bonchev–Trinajstić information content (AvgIpc) is 3.60. The maximum absolute atomic E-state index is 13.9. The number of hydrogen-bond acceptors (Lipinski definition) is 5. The lowest BCUT2D eigenvalue weighted by molar-refractivity contribution is -0.145. The van der Waals surface area contributed by atoms with Crippen LogP contribution < -0.4 is 10.6 Å². The zero-order valence-corrected chi connectivity index (χ0v) is 21.7. The lowest BCUT2D eigenvalue weighted by Gasteiger charge is -2.33. The molecule has 7 nitrogen and oxygen atoms in total. The molecule has 8 heteroatoms. The van der Waals surface area contributed by atoms with Gasteiger partial charge in [-0.1, -0.05) is 62.4 Å². The SMILES string of the molecule is CC(C)CCN1C(=O)[C@H]2[C@@H](C(=O)NCc3cccs3)[C@@]3(C)C=C[C@@]2(O3)[C@H]1C(=O)NCc1ccccc1. The van der Waals surface area contributed by atoms with Crippen molar-refractivity contribution in [3.8, 4) is 0 Å². The maximum Gasteiger partial charge on any atom is 0.246 e. The Bertz CT molecular complexity index is 1160. The molecule has 5 rings (SSSR count). The van der Waals surface area contributed by atoms with Gasteiger partial charge in [0, 0.05) is 18.0 Å². The van der Waals surface area contributed by atoms with Gasteiger partial charge in [-0.3, -0.25) is 14.4 Å². The summed E-state index contributed by atoms with van der Waals surface area (Å²) in [7, 11) is 0. The second-order valence-electron chi connectivity index (χ2n) is 10.5. The molecule has 3 aliphatic rings.